The van der Waals surface area contributed by atoms with Gasteiger partial charge in [-0.1, -0.05) is 6.07 Å². The van der Waals surface area contributed by atoms with E-state index in [0.29, 0.717) is 18.6 Å². The van der Waals surface area contributed by atoms with Gasteiger partial charge in [0.15, 0.2) is 0 Å². The smallest absolute Gasteiger partial charge is 0.0901 e. The fourth-order valence-electron chi connectivity index (χ4n) is 3.42. The van der Waals surface area contributed by atoms with Gasteiger partial charge in [-0.05, 0) is 18.4 Å². The lowest BCUT2D eigenvalue weighted by Gasteiger charge is -2.21. The van der Waals surface area contributed by atoms with Crippen LogP contribution < -0.4 is 0 Å². The Labute approximate surface area is 138 Å². The molecule has 22 heavy (non-hydrogen) atoms. The Morgan fingerprint density at radius 3 is 3.14 bits per heavy atom. The highest BCUT2D eigenvalue weighted by Gasteiger charge is 2.45. The third-order valence-corrected chi connectivity index (χ3v) is 6.19. The van der Waals surface area contributed by atoms with Crippen molar-refractivity contribution in [1.29, 1.82) is 0 Å². The summed E-state index contributed by atoms with van der Waals surface area (Å²) in [6.07, 6.45) is 0.259. The molecule has 2 aliphatic rings. The zero-order valence-corrected chi connectivity index (χ0v) is 14.2. The molecular weight excluding hydrogens is 316 g/mol. The minimum atomic E-state index is 0.259. The molecule has 0 radical (unpaired) electrons. The van der Waals surface area contributed by atoms with Crippen molar-refractivity contribution in [2.45, 2.75) is 32.2 Å². The Kier molecular flexibility index (Phi) is 4.28. The van der Waals surface area contributed by atoms with Gasteiger partial charge in [0.25, 0.3) is 0 Å². The molecule has 0 saturated carbocycles. The average Bonchev–Trinajstić information content (AvgIpc) is 3.24. The highest BCUT2D eigenvalue weighted by Crippen LogP contribution is 2.34. The molecule has 118 valence electrons. The lowest BCUT2D eigenvalue weighted by atomic mass is 10.0. The quantitative estimate of drug-likeness (QED) is 0.841. The number of hydrogen-bond donors (Lipinski definition) is 0. The highest BCUT2D eigenvalue weighted by molar-refractivity contribution is 7.10. The van der Waals surface area contributed by atoms with Crippen molar-refractivity contribution in [1.82, 2.24) is 9.88 Å². The summed E-state index contributed by atoms with van der Waals surface area (Å²) >= 11 is 3.51. The molecule has 0 amide bonds. The molecule has 0 bridgehead atoms. The lowest BCUT2D eigenvalue weighted by Crippen LogP contribution is -2.31. The molecule has 2 saturated heterocycles. The number of likely N-dealkylation sites (tertiary alicyclic amines) is 1. The Morgan fingerprint density at radius 1 is 1.41 bits per heavy atom. The number of thiophene rings is 1. The molecule has 0 N–H and O–H groups in total. The van der Waals surface area contributed by atoms with Gasteiger partial charge in [0.05, 0.1) is 36.6 Å². The van der Waals surface area contributed by atoms with Gasteiger partial charge in [-0.25, -0.2) is 4.98 Å². The molecule has 2 aromatic heterocycles. The van der Waals surface area contributed by atoms with E-state index in [4.69, 9.17) is 9.47 Å². The van der Waals surface area contributed by atoms with Gasteiger partial charge in [0.2, 0.25) is 0 Å². The normalized spacial score (nSPS) is 28.3. The Balaban J connectivity index is 1.40. The van der Waals surface area contributed by atoms with E-state index in [1.807, 2.05) is 18.3 Å². The topological polar surface area (TPSA) is 34.6 Å². The lowest BCUT2D eigenvalue weighted by molar-refractivity contribution is 0.00761. The van der Waals surface area contributed by atoms with Crippen molar-refractivity contribution >= 4 is 22.7 Å². The Morgan fingerprint density at radius 2 is 2.36 bits per heavy atom. The van der Waals surface area contributed by atoms with Gasteiger partial charge in [0, 0.05) is 35.3 Å². The molecule has 0 aliphatic carbocycles. The third-order valence-electron chi connectivity index (χ3n) is 4.51. The first-order valence-electron chi connectivity index (χ1n) is 7.66. The van der Waals surface area contributed by atoms with Gasteiger partial charge >= 0.3 is 0 Å². The standard InChI is InChI=1S/C16H20N2O2S2/c1-11-17-12(10-22-11)7-20-16-6-18(5-13-3-2-4-21-13)15-9-19-8-14(15)16/h2-4,10,14-16H,5-9H2,1H3/t14-,15+,16+/m0/s1. The summed E-state index contributed by atoms with van der Waals surface area (Å²) in [5, 5.41) is 5.34. The molecule has 2 aliphatic heterocycles. The number of aryl methyl sites for hydroxylation is 1. The maximum Gasteiger partial charge on any atom is 0.0901 e. The number of thiazole rings is 1. The van der Waals surface area contributed by atoms with Crippen molar-refractivity contribution in [3.8, 4) is 0 Å². The predicted molar refractivity (Wildman–Crippen MR) is 88.3 cm³/mol. The molecule has 2 fully saturated rings. The molecule has 4 rings (SSSR count). The van der Waals surface area contributed by atoms with Crippen LogP contribution in [0.25, 0.3) is 0 Å². The molecular formula is C16H20N2O2S2. The largest absolute Gasteiger partial charge is 0.379 e. The van der Waals surface area contributed by atoms with Crippen LogP contribution in [0.1, 0.15) is 15.6 Å². The van der Waals surface area contributed by atoms with E-state index in [2.05, 4.69) is 32.8 Å². The zero-order chi connectivity index (χ0) is 14.9. The van der Waals surface area contributed by atoms with Gasteiger partial charge in [-0.15, -0.1) is 22.7 Å². The SMILES string of the molecule is Cc1nc(CO[C@@H]2CN(Cc3cccs3)[C@@H]3COC[C@@H]32)cs1. The van der Waals surface area contributed by atoms with E-state index in [9.17, 15) is 0 Å². The van der Waals surface area contributed by atoms with Crippen LogP contribution in [0.2, 0.25) is 0 Å². The molecule has 6 heteroatoms. The van der Waals surface area contributed by atoms with Crippen molar-refractivity contribution in [3.63, 3.8) is 0 Å². The second-order valence-electron chi connectivity index (χ2n) is 5.98. The summed E-state index contributed by atoms with van der Waals surface area (Å²) in [7, 11) is 0. The summed E-state index contributed by atoms with van der Waals surface area (Å²) < 4.78 is 11.9. The zero-order valence-electron chi connectivity index (χ0n) is 12.6. The summed E-state index contributed by atoms with van der Waals surface area (Å²) in [6, 6.07) is 4.84. The maximum atomic E-state index is 6.19. The van der Waals surface area contributed by atoms with Crippen molar-refractivity contribution in [2.75, 3.05) is 19.8 Å². The highest BCUT2D eigenvalue weighted by atomic mass is 32.1. The van der Waals surface area contributed by atoms with Crippen LogP contribution in [0, 0.1) is 12.8 Å². The van der Waals surface area contributed by atoms with Gasteiger partial charge < -0.3 is 9.47 Å². The maximum absolute atomic E-state index is 6.19. The van der Waals surface area contributed by atoms with Crippen LogP contribution in [0.15, 0.2) is 22.9 Å². The first-order chi connectivity index (χ1) is 10.8. The number of nitrogens with zero attached hydrogens (tertiary/aromatic N) is 2. The van der Waals surface area contributed by atoms with Crippen LogP contribution in [0.5, 0.6) is 0 Å². The summed E-state index contributed by atoms with van der Waals surface area (Å²) in [5.74, 6) is 0.500. The predicted octanol–water partition coefficient (Wildman–Crippen LogP) is 2.93. The second kappa shape index (κ2) is 6.37. The molecule has 0 spiro atoms. The first-order valence-corrected chi connectivity index (χ1v) is 9.42. The summed E-state index contributed by atoms with van der Waals surface area (Å²) in [6.45, 7) is 6.33. The Bertz CT molecular complexity index is 613. The third kappa shape index (κ3) is 2.98. The van der Waals surface area contributed by atoms with Crippen LogP contribution in [0.3, 0.4) is 0 Å². The van der Waals surface area contributed by atoms with Gasteiger partial charge in [-0.3, -0.25) is 4.90 Å². The monoisotopic (exact) mass is 336 g/mol. The summed E-state index contributed by atoms with van der Waals surface area (Å²) in [5.41, 5.74) is 1.05. The fourth-order valence-corrected chi connectivity index (χ4v) is 4.75. The molecule has 2 aromatic rings. The molecule has 0 unspecified atom stereocenters. The van der Waals surface area contributed by atoms with E-state index in [-0.39, 0.29) is 6.10 Å². The van der Waals surface area contributed by atoms with E-state index in [0.717, 1.165) is 37.0 Å². The van der Waals surface area contributed by atoms with Crippen LogP contribution in [0.4, 0.5) is 0 Å². The molecule has 4 nitrogen and oxygen atoms in total. The van der Waals surface area contributed by atoms with Crippen molar-refractivity contribution < 1.29 is 9.47 Å². The number of hydrogen-bond acceptors (Lipinski definition) is 6. The Hall–Kier alpha value is -0.790. The van der Waals surface area contributed by atoms with E-state index in [1.54, 1.807) is 11.3 Å². The van der Waals surface area contributed by atoms with Crippen molar-refractivity contribution in [3.05, 3.63) is 38.5 Å². The first kappa shape index (κ1) is 14.8. The van der Waals surface area contributed by atoms with E-state index in [1.165, 1.54) is 4.88 Å². The van der Waals surface area contributed by atoms with Gasteiger partial charge in [0.1, 0.15) is 0 Å². The minimum Gasteiger partial charge on any atom is -0.379 e. The average molecular weight is 336 g/mol. The van der Waals surface area contributed by atoms with Gasteiger partial charge in [-0.2, -0.15) is 0 Å². The van der Waals surface area contributed by atoms with E-state index >= 15 is 0 Å². The van der Waals surface area contributed by atoms with Crippen molar-refractivity contribution in [2.24, 2.45) is 5.92 Å². The molecule has 3 atom stereocenters. The van der Waals surface area contributed by atoms with E-state index < -0.39 is 0 Å². The van der Waals surface area contributed by atoms with Crippen LogP contribution in [-0.4, -0.2) is 41.8 Å². The number of rotatable bonds is 5. The molecule has 0 aromatic carbocycles. The number of ether oxygens (including phenoxy) is 2. The second-order valence-corrected chi connectivity index (χ2v) is 8.08. The van der Waals surface area contributed by atoms with Crippen LogP contribution in [-0.2, 0) is 22.6 Å². The molecule has 4 heterocycles. The fraction of sp³-hybridized carbons (Fsp3) is 0.562. The number of aromatic nitrogens is 1. The minimum absolute atomic E-state index is 0.259. The summed E-state index contributed by atoms with van der Waals surface area (Å²) in [4.78, 5) is 8.43. The number of fused-ring (bicyclic) bond motifs is 1. The van der Waals surface area contributed by atoms with Crippen LogP contribution >= 0.6 is 22.7 Å².